The van der Waals surface area contributed by atoms with Gasteiger partial charge in [-0.3, -0.25) is 9.59 Å². The summed E-state index contributed by atoms with van der Waals surface area (Å²) in [5, 5.41) is 2.91. The lowest BCUT2D eigenvalue weighted by Gasteiger charge is -2.48. The third kappa shape index (κ3) is 5.22. The Bertz CT molecular complexity index is 1320. The third-order valence-corrected chi connectivity index (χ3v) is 7.03. The molecule has 3 N–H and O–H groups in total. The molecule has 0 aliphatic carbocycles. The van der Waals surface area contributed by atoms with E-state index in [0.717, 1.165) is 11.1 Å². The van der Waals surface area contributed by atoms with Crippen LogP contribution in [-0.2, 0) is 9.59 Å². The topological polar surface area (TPSA) is 112 Å². The van der Waals surface area contributed by atoms with E-state index in [1.165, 1.54) is 28.4 Å². The summed E-state index contributed by atoms with van der Waals surface area (Å²) in [5.41, 5.74) is 8.86. The quantitative estimate of drug-likeness (QED) is 0.369. The fraction of sp³-hybridized carbons (Fsp3) is 0.333. The zero-order chi connectivity index (χ0) is 28.3. The van der Waals surface area contributed by atoms with Crippen LogP contribution in [0.5, 0.6) is 23.0 Å². The Hall–Kier alpha value is -4.24. The Morgan fingerprint density at radius 3 is 2.00 bits per heavy atom. The van der Waals surface area contributed by atoms with Crippen molar-refractivity contribution in [2.24, 2.45) is 11.7 Å². The number of carbonyl (C=O) groups excluding carboxylic acids is 2. The zero-order valence-electron chi connectivity index (χ0n) is 23.1. The number of methoxy groups -OCH3 is 4. The van der Waals surface area contributed by atoms with Crippen LogP contribution >= 0.6 is 0 Å². The molecule has 1 fully saturated rings. The predicted molar refractivity (Wildman–Crippen MR) is 150 cm³/mol. The normalized spacial score (nSPS) is 17.3. The van der Waals surface area contributed by atoms with Gasteiger partial charge in [0.15, 0.2) is 11.5 Å². The number of nitrogens with two attached hydrogens (primary N) is 1. The van der Waals surface area contributed by atoms with Crippen LogP contribution in [0.1, 0.15) is 36.9 Å². The molecule has 3 atom stereocenters. The number of hydrogen-bond donors (Lipinski definition) is 2. The second kappa shape index (κ2) is 11.7. The fourth-order valence-corrected chi connectivity index (χ4v) is 4.84. The summed E-state index contributed by atoms with van der Waals surface area (Å²) >= 11 is 0. The van der Waals surface area contributed by atoms with Crippen molar-refractivity contribution in [1.82, 2.24) is 0 Å². The number of hydrogen-bond acceptors (Lipinski definition) is 7. The van der Waals surface area contributed by atoms with Gasteiger partial charge in [-0.1, -0.05) is 50.2 Å². The number of amides is 2. The molecule has 1 aliphatic heterocycles. The number of ether oxygens (including phenoxy) is 4. The molecule has 9 nitrogen and oxygen atoms in total. The highest BCUT2D eigenvalue weighted by atomic mass is 16.5. The summed E-state index contributed by atoms with van der Waals surface area (Å²) < 4.78 is 22.1. The highest BCUT2D eigenvalue weighted by Crippen LogP contribution is 2.52. The summed E-state index contributed by atoms with van der Waals surface area (Å²) in [6, 6.07) is 17.6. The van der Waals surface area contributed by atoms with E-state index in [1.54, 1.807) is 23.1 Å². The molecule has 0 bridgehead atoms. The molecule has 39 heavy (non-hydrogen) atoms. The van der Waals surface area contributed by atoms with Crippen molar-refractivity contribution in [2.45, 2.75) is 31.8 Å². The minimum atomic E-state index is -0.684. The number of benzene rings is 3. The summed E-state index contributed by atoms with van der Waals surface area (Å²) in [5.74, 6) is 0.920. The van der Waals surface area contributed by atoms with Gasteiger partial charge in [-0.15, -0.1) is 0 Å². The van der Waals surface area contributed by atoms with Gasteiger partial charge in [-0.25, -0.2) is 0 Å². The van der Waals surface area contributed by atoms with Gasteiger partial charge in [0.1, 0.15) is 5.75 Å². The van der Waals surface area contributed by atoms with E-state index in [-0.39, 0.29) is 23.8 Å². The second-order valence-electron chi connectivity index (χ2n) is 9.64. The highest BCUT2D eigenvalue weighted by Gasteiger charge is 2.50. The van der Waals surface area contributed by atoms with Gasteiger partial charge in [0.05, 0.1) is 57.8 Å². The molecule has 1 heterocycles. The monoisotopic (exact) mass is 533 g/mol. The van der Waals surface area contributed by atoms with Crippen LogP contribution in [0.15, 0.2) is 60.7 Å². The van der Waals surface area contributed by atoms with E-state index in [0.29, 0.717) is 34.4 Å². The molecule has 0 aromatic heterocycles. The van der Waals surface area contributed by atoms with E-state index in [4.69, 9.17) is 24.7 Å². The number of anilines is 2. The Labute approximate surface area is 228 Å². The van der Waals surface area contributed by atoms with Crippen molar-refractivity contribution >= 4 is 23.2 Å². The van der Waals surface area contributed by atoms with E-state index in [9.17, 15) is 9.59 Å². The van der Waals surface area contributed by atoms with Crippen LogP contribution in [0.3, 0.4) is 0 Å². The minimum Gasteiger partial charge on any atom is -0.495 e. The minimum absolute atomic E-state index is 0.0404. The molecule has 4 rings (SSSR count). The summed E-state index contributed by atoms with van der Waals surface area (Å²) in [6.45, 7) is 3.77. The Balaban J connectivity index is 1.82. The van der Waals surface area contributed by atoms with Crippen LogP contribution in [0.4, 0.5) is 11.4 Å². The SMILES string of the molecule is COc1ccc([C@H]2[C@H](c3ccccc3)C(=O)N2c2cc(OC)c(OC)c(OC)c2)cc1NC(=O)C(N)C(C)C. The zero-order valence-corrected chi connectivity index (χ0v) is 23.1. The summed E-state index contributed by atoms with van der Waals surface area (Å²) in [6.07, 6.45) is 0. The lowest BCUT2D eigenvalue weighted by Crippen LogP contribution is -2.53. The van der Waals surface area contributed by atoms with Crippen molar-refractivity contribution in [1.29, 1.82) is 0 Å². The van der Waals surface area contributed by atoms with Crippen molar-refractivity contribution < 1.29 is 28.5 Å². The standard InChI is InChI=1S/C30H35N3O6/c1-17(2)26(31)29(34)32-21-14-19(12-13-22(21)36-3)27-25(18-10-8-7-9-11-18)30(35)33(27)20-15-23(37-4)28(39-6)24(16-20)38-5/h7-17,25-27H,31H2,1-6H3,(H,32,34)/t25-,26?,27-/m0/s1. The second-order valence-corrected chi connectivity index (χ2v) is 9.64. The predicted octanol–water partition coefficient (Wildman–Crippen LogP) is 4.51. The van der Waals surface area contributed by atoms with Gasteiger partial charge in [0, 0.05) is 12.1 Å². The van der Waals surface area contributed by atoms with Gasteiger partial charge in [-0.05, 0) is 29.2 Å². The first-order valence-electron chi connectivity index (χ1n) is 12.7. The van der Waals surface area contributed by atoms with E-state index < -0.39 is 12.0 Å². The largest absolute Gasteiger partial charge is 0.495 e. The molecule has 2 amide bonds. The first-order valence-corrected chi connectivity index (χ1v) is 12.7. The third-order valence-electron chi connectivity index (χ3n) is 7.03. The lowest BCUT2D eigenvalue weighted by atomic mass is 9.77. The number of β-lactam (4-membered cyclic amide) rings is 1. The van der Waals surface area contributed by atoms with Crippen LogP contribution in [0.2, 0.25) is 0 Å². The number of nitrogens with one attached hydrogen (secondary N) is 1. The van der Waals surface area contributed by atoms with E-state index >= 15 is 0 Å². The number of nitrogens with zero attached hydrogens (tertiary/aromatic N) is 1. The van der Waals surface area contributed by atoms with E-state index in [2.05, 4.69) is 5.32 Å². The number of carbonyl (C=O) groups is 2. The molecule has 9 heteroatoms. The van der Waals surface area contributed by atoms with Gasteiger partial charge in [0.2, 0.25) is 17.6 Å². The molecule has 0 saturated carbocycles. The molecule has 1 unspecified atom stereocenters. The Morgan fingerprint density at radius 1 is 0.846 bits per heavy atom. The average Bonchev–Trinajstić information content (AvgIpc) is 2.95. The fourth-order valence-electron chi connectivity index (χ4n) is 4.84. The van der Waals surface area contributed by atoms with Crippen molar-refractivity contribution in [3.8, 4) is 23.0 Å². The molecule has 3 aromatic rings. The molecule has 3 aromatic carbocycles. The van der Waals surface area contributed by atoms with Crippen molar-refractivity contribution in [3.63, 3.8) is 0 Å². The van der Waals surface area contributed by atoms with Crippen LogP contribution in [0.25, 0.3) is 0 Å². The van der Waals surface area contributed by atoms with Gasteiger partial charge >= 0.3 is 0 Å². The van der Waals surface area contributed by atoms with Crippen LogP contribution in [-0.4, -0.2) is 46.3 Å². The van der Waals surface area contributed by atoms with Crippen LogP contribution in [0, 0.1) is 5.92 Å². The number of rotatable bonds is 10. The summed E-state index contributed by atoms with van der Waals surface area (Å²) in [7, 11) is 6.13. The van der Waals surface area contributed by atoms with Crippen LogP contribution < -0.4 is 34.9 Å². The van der Waals surface area contributed by atoms with Crippen molar-refractivity contribution in [3.05, 3.63) is 71.8 Å². The van der Waals surface area contributed by atoms with Gasteiger partial charge in [-0.2, -0.15) is 0 Å². The lowest BCUT2D eigenvalue weighted by molar-refractivity contribution is -0.126. The maximum atomic E-state index is 13.8. The molecular formula is C30H35N3O6. The molecule has 1 aliphatic rings. The first kappa shape index (κ1) is 27.8. The maximum absolute atomic E-state index is 13.8. The van der Waals surface area contributed by atoms with Gasteiger partial charge < -0.3 is 34.9 Å². The first-order chi connectivity index (χ1) is 18.7. The average molecular weight is 534 g/mol. The maximum Gasteiger partial charge on any atom is 0.241 e. The molecule has 206 valence electrons. The Morgan fingerprint density at radius 2 is 1.46 bits per heavy atom. The molecular weight excluding hydrogens is 498 g/mol. The summed E-state index contributed by atoms with van der Waals surface area (Å²) in [4.78, 5) is 28.3. The van der Waals surface area contributed by atoms with Crippen molar-refractivity contribution in [2.75, 3.05) is 38.7 Å². The van der Waals surface area contributed by atoms with E-state index in [1.807, 2.05) is 56.3 Å². The Kier molecular flexibility index (Phi) is 8.30. The highest BCUT2D eigenvalue weighted by molar-refractivity contribution is 6.07. The molecule has 1 saturated heterocycles. The van der Waals surface area contributed by atoms with Gasteiger partial charge in [0.25, 0.3) is 0 Å². The molecule has 0 spiro atoms. The molecule has 0 radical (unpaired) electrons. The smallest absolute Gasteiger partial charge is 0.241 e.